The number of aryl methyl sites for hydroxylation is 2. The molecule has 1 aliphatic heterocycles. The average molecular weight is 424 g/mol. The van der Waals surface area contributed by atoms with E-state index < -0.39 is 0 Å². The minimum atomic E-state index is -0.169. The molecule has 2 aromatic carbocycles. The number of benzene rings is 2. The first-order valence-electron chi connectivity index (χ1n) is 9.62. The number of carbonyl (C=O) groups is 2. The Kier molecular flexibility index (Phi) is 6.95. The van der Waals surface area contributed by atoms with Gasteiger partial charge in [-0.1, -0.05) is 30.0 Å². The molecule has 0 radical (unpaired) electrons. The molecule has 3 rings (SSSR count). The molecular formula is C23H25N3O3S. The Hall–Kier alpha value is -3.06. The predicted molar refractivity (Wildman–Crippen MR) is 123 cm³/mol. The second-order valence-electron chi connectivity index (χ2n) is 7.02. The first-order chi connectivity index (χ1) is 14.4. The molecule has 30 heavy (non-hydrogen) atoms. The fraction of sp³-hybridized carbons (Fsp3) is 0.261. The third-order valence-corrected chi connectivity index (χ3v) is 5.36. The zero-order valence-corrected chi connectivity index (χ0v) is 18.4. The topological polar surface area (TPSA) is 71.0 Å². The van der Waals surface area contributed by atoms with Crippen LogP contribution in [-0.2, 0) is 9.59 Å². The van der Waals surface area contributed by atoms with E-state index in [0.717, 1.165) is 28.1 Å². The second kappa shape index (κ2) is 9.63. The van der Waals surface area contributed by atoms with Gasteiger partial charge < -0.3 is 10.1 Å². The van der Waals surface area contributed by atoms with Gasteiger partial charge in [0.05, 0.1) is 12.8 Å². The number of nitrogens with zero attached hydrogens (tertiary/aromatic N) is 2. The van der Waals surface area contributed by atoms with Gasteiger partial charge in [0.25, 0.3) is 5.91 Å². The lowest BCUT2D eigenvalue weighted by molar-refractivity contribution is -0.118. The van der Waals surface area contributed by atoms with Crippen LogP contribution in [0.3, 0.4) is 0 Å². The van der Waals surface area contributed by atoms with Gasteiger partial charge in [-0.15, -0.1) is 0 Å². The number of amidine groups is 1. The average Bonchev–Trinajstić information content (AvgIpc) is 3.00. The number of aliphatic imine (C=N–C) groups is 1. The highest BCUT2D eigenvalue weighted by Gasteiger charge is 2.32. The van der Waals surface area contributed by atoms with Crippen LogP contribution < -0.4 is 15.0 Å². The van der Waals surface area contributed by atoms with E-state index >= 15 is 0 Å². The molecule has 0 aliphatic carbocycles. The van der Waals surface area contributed by atoms with Gasteiger partial charge >= 0.3 is 0 Å². The van der Waals surface area contributed by atoms with E-state index in [-0.39, 0.29) is 11.8 Å². The van der Waals surface area contributed by atoms with Crippen LogP contribution in [0, 0.1) is 13.8 Å². The normalized spacial score (nSPS) is 14.8. The van der Waals surface area contributed by atoms with Crippen molar-refractivity contribution in [2.24, 2.45) is 4.99 Å². The Morgan fingerprint density at radius 3 is 2.43 bits per heavy atom. The first kappa shape index (κ1) is 21.6. The Labute approximate surface area is 181 Å². The maximum Gasteiger partial charge on any atom is 0.283 e. The highest BCUT2D eigenvalue weighted by Crippen LogP contribution is 2.30. The van der Waals surface area contributed by atoms with Crippen LogP contribution in [0.2, 0.25) is 0 Å². The van der Waals surface area contributed by atoms with Crippen LogP contribution in [0.5, 0.6) is 5.75 Å². The van der Waals surface area contributed by atoms with Gasteiger partial charge in [0, 0.05) is 19.2 Å². The highest BCUT2D eigenvalue weighted by atomic mass is 32.2. The molecule has 0 saturated carbocycles. The lowest BCUT2D eigenvalue weighted by Gasteiger charge is -2.19. The minimum absolute atomic E-state index is 0.0775. The minimum Gasteiger partial charge on any atom is -0.497 e. The van der Waals surface area contributed by atoms with Crippen molar-refractivity contribution in [2.75, 3.05) is 24.3 Å². The molecule has 2 amide bonds. The Morgan fingerprint density at radius 1 is 1.17 bits per heavy atom. The monoisotopic (exact) mass is 423 g/mol. The SMILES string of the molecule is COc1ccc(/C=C2\N=C(SCCNC(C)=O)N(c3cc(C)cc(C)c3)C2=O)cc1. The maximum atomic E-state index is 13.2. The van der Waals surface area contributed by atoms with Gasteiger partial charge in [0.2, 0.25) is 5.91 Å². The summed E-state index contributed by atoms with van der Waals surface area (Å²) in [6.07, 6.45) is 1.78. The standard InChI is InChI=1S/C23H25N3O3S/c1-15-11-16(2)13-19(12-15)26-22(28)21(14-18-5-7-20(29-4)8-6-18)25-23(26)30-10-9-24-17(3)27/h5-8,11-14H,9-10H2,1-4H3,(H,24,27)/b21-14-. The molecule has 0 fully saturated rings. The van der Waals surface area contributed by atoms with E-state index in [1.54, 1.807) is 18.1 Å². The summed E-state index contributed by atoms with van der Waals surface area (Å²) in [6.45, 7) is 6.00. The number of ether oxygens (including phenoxy) is 1. The summed E-state index contributed by atoms with van der Waals surface area (Å²) in [4.78, 5) is 30.6. The smallest absolute Gasteiger partial charge is 0.283 e. The largest absolute Gasteiger partial charge is 0.497 e. The van der Waals surface area contributed by atoms with Crippen molar-refractivity contribution in [1.29, 1.82) is 0 Å². The molecule has 1 N–H and O–H groups in total. The van der Waals surface area contributed by atoms with Gasteiger partial charge in [-0.3, -0.25) is 14.5 Å². The number of rotatable bonds is 6. The number of amides is 2. The van der Waals surface area contributed by atoms with E-state index in [1.807, 2.05) is 50.2 Å². The molecular weight excluding hydrogens is 398 g/mol. The van der Waals surface area contributed by atoms with E-state index in [9.17, 15) is 9.59 Å². The summed E-state index contributed by atoms with van der Waals surface area (Å²) in [5.41, 5.74) is 4.19. The maximum absolute atomic E-state index is 13.2. The summed E-state index contributed by atoms with van der Waals surface area (Å²) in [6, 6.07) is 13.5. The summed E-state index contributed by atoms with van der Waals surface area (Å²) < 4.78 is 5.19. The van der Waals surface area contributed by atoms with Gasteiger partial charge in [-0.25, -0.2) is 4.99 Å². The lowest BCUT2D eigenvalue weighted by atomic mass is 10.1. The highest BCUT2D eigenvalue weighted by molar-refractivity contribution is 8.14. The van der Waals surface area contributed by atoms with Crippen molar-refractivity contribution < 1.29 is 14.3 Å². The van der Waals surface area contributed by atoms with Crippen LogP contribution in [0.1, 0.15) is 23.6 Å². The van der Waals surface area contributed by atoms with Crippen LogP contribution in [0.4, 0.5) is 5.69 Å². The second-order valence-corrected chi connectivity index (χ2v) is 8.08. The third-order valence-electron chi connectivity index (χ3n) is 4.42. The van der Waals surface area contributed by atoms with Crippen molar-refractivity contribution in [3.8, 4) is 5.75 Å². The molecule has 156 valence electrons. The van der Waals surface area contributed by atoms with Crippen molar-refractivity contribution >= 4 is 40.5 Å². The fourth-order valence-corrected chi connectivity index (χ4v) is 3.99. The van der Waals surface area contributed by atoms with Crippen molar-refractivity contribution in [3.05, 3.63) is 64.9 Å². The molecule has 7 heteroatoms. The van der Waals surface area contributed by atoms with E-state index in [4.69, 9.17) is 4.74 Å². The number of anilines is 1. The molecule has 0 bridgehead atoms. The zero-order valence-electron chi connectivity index (χ0n) is 17.6. The van der Waals surface area contributed by atoms with Crippen LogP contribution in [-0.4, -0.2) is 36.4 Å². The zero-order chi connectivity index (χ0) is 21.7. The quantitative estimate of drug-likeness (QED) is 0.565. The number of hydrogen-bond acceptors (Lipinski definition) is 5. The number of carbonyl (C=O) groups excluding carboxylic acids is 2. The molecule has 1 aliphatic rings. The molecule has 0 saturated heterocycles. The van der Waals surface area contributed by atoms with Crippen LogP contribution in [0.25, 0.3) is 6.08 Å². The van der Waals surface area contributed by atoms with Crippen molar-refractivity contribution in [2.45, 2.75) is 20.8 Å². The van der Waals surface area contributed by atoms with Crippen molar-refractivity contribution in [1.82, 2.24) is 5.32 Å². The molecule has 0 aromatic heterocycles. The molecule has 2 aromatic rings. The van der Waals surface area contributed by atoms with Gasteiger partial charge in [0.1, 0.15) is 11.4 Å². The first-order valence-corrected chi connectivity index (χ1v) is 10.6. The fourth-order valence-electron chi connectivity index (χ4n) is 3.13. The van der Waals surface area contributed by atoms with Crippen molar-refractivity contribution in [3.63, 3.8) is 0 Å². The third kappa shape index (κ3) is 5.30. The number of hydrogen-bond donors (Lipinski definition) is 1. The number of nitrogens with one attached hydrogen (secondary N) is 1. The summed E-state index contributed by atoms with van der Waals surface area (Å²) in [7, 11) is 1.62. The van der Waals surface area contributed by atoms with Gasteiger partial charge in [-0.2, -0.15) is 0 Å². The molecule has 1 heterocycles. The van der Waals surface area contributed by atoms with E-state index in [2.05, 4.69) is 16.4 Å². The predicted octanol–water partition coefficient (Wildman–Crippen LogP) is 3.93. The Morgan fingerprint density at radius 2 is 1.83 bits per heavy atom. The number of methoxy groups -OCH3 is 1. The van der Waals surface area contributed by atoms with Gasteiger partial charge in [0.15, 0.2) is 5.17 Å². The summed E-state index contributed by atoms with van der Waals surface area (Å²) >= 11 is 1.44. The van der Waals surface area contributed by atoms with Crippen LogP contribution in [0.15, 0.2) is 53.2 Å². The molecule has 0 unspecified atom stereocenters. The van der Waals surface area contributed by atoms with Crippen LogP contribution >= 0.6 is 11.8 Å². The Bertz CT molecular complexity index is 993. The Balaban J connectivity index is 1.91. The molecule has 0 spiro atoms. The van der Waals surface area contributed by atoms with E-state index in [0.29, 0.717) is 23.2 Å². The summed E-state index contributed by atoms with van der Waals surface area (Å²) in [5.74, 6) is 1.12. The molecule has 6 nitrogen and oxygen atoms in total. The lowest BCUT2D eigenvalue weighted by Crippen LogP contribution is -2.31. The van der Waals surface area contributed by atoms with E-state index in [1.165, 1.54) is 18.7 Å². The number of thioether (sulfide) groups is 1. The summed E-state index contributed by atoms with van der Waals surface area (Å²) in [5, 5.41) is 3.38. The van der Waals surface area contributed by atoms with Gasteiger partial charge in [-0.05, 0) is 60.9 Å². The molecule has 0 atom stereocenters.